The van der Waals surface area contributed by atoms with Gasteiger partial charge >= 0.3 is 0 Å². The van der Waals surface area contributed by atoms with Crippen LogP contribution in [-0.4, -0.2) is 19.1 Å². The predicted molar refractivity (Wildman–Crippen MR) is 58.3 cm³/mol. The lowest BCUT2D eigenvalue weighted by atomic mass is 10.2. The van der Waals surface area contributed by atoms with Crippen LogP contribution >= 0.6 is 0 Å². The molecular formula is C11H20N2O. The summed E-state index contributed by atoms with van der Waals surface area (Å²) in [5.41, 5.74) is 0. The molecule has 14 heavy (non-hydrogen) atoms. The van der Waals surface area contributed by atoms with E-state index in [0.29, 0.717) is 12.1 Å². The van der Waals surface area contributed by atoms with Gasteiger partial charge in [-0.2, -0.15) is 0 Å². The Labute approximate surface area is 85.9 Å². The zero-order chi connectivity index (χ0) is 10.4. The van der Waals surface area contributed by atoms with Gasteiger partial charge < -0.3 is 15.1 Å². The van der Waals surface area contributed by atoms with Crippen molar-refractivity contribution in [2.24, 2.45) is 0 Å². The number of rotatable bonds is 6. The van der Waals surface area contributed by atoms with Gasteiger partial charge in [0.1, 0.15) is 5.76 Å². The van der Waals surface area contributed by atoms with E-state index in [0.717, 1.165) is 18.8 Å². The van der Waals surface area contributed by atoms with Crippen molar-refractivity contribution in [1.82, 2.24) is 10.6 Å². The zero-order valence-corrected chi connectivity index (χ0v) is 9.21. The van der Waals surface area contributed by atoms with Crippen molar-refractivity contribution >= 4 is 0 Å². The highest BCUT2D eigenvalue weighted by Gasteiger charge is 2.05. The van der Waals surface area contributed by atoms with Crippen LogP contribution < -0.4 is 10.6 Å². The summed E-state index contributed by atoms with van der Waals surface area (Å²) in [6, 6.07) is 4.75. The molecule has 1 rings (SSSR count). The normalized spacial score (nSPS) is 13.4. The molecule has 1 aromatic rings. The third-order valence-corrected chi connectivity index (χ3v) is 2.10. The van der Waals surface area contributed by atoms with Crippen LogP contribution in [0.5, 0.6) is 0 Å². The molecule has 1 aromatic heterocycles. The highest BCUT2D eigenvalue weighted by atomic mass is 16.3. The van der Waals surface area contributed by atoms with Gasteiger partial charge in [0.25, 0.3) is 0 Å². The van der Waals surface area contributed by atoms with Crippen LogP contribution in [0.2, 0.25) is 0 Å². The van der Waals surface area contributed by atoms with E-state index >= 15 is 0 Å². The Bertz CT molecular complexity index is 231. The van der Waals surface area contributed by atoms with Gasteiger partial charge in [0.2, 0.25) is 0 Å². The molecular weight excluding hydrogens is 176 g/mol. The zero-order valence-electron chi connectivity index (χ0n) is 9.21. The molecule has 0 spiro atoms. The second kappa shape index (κ2) is 5.83. The molecule has 0 saturated heterocycles. The Morgan fingerprint density at radius 3 is 2.50 bits per heavy atom. The lowest BCUT2D eigenvalue weighted by Gasteiger charge is -2.12. The molecule has 0 saturated carbocycles. The number of hydrogen-bond acceptors (Lipinski definition) is 3. The number of furan rings is 1. The predicted octanol–water partition coefficient (Wildman–Crippen LogP) is 1.93. The van der Waals surface area contributed by atoms with Crippen molar-refractivity contribution < 1.29 is 4.42 Å². The Hall–Kier alpha value is -0.800. The molecule has 0 fully saturated rings. The molecule has 0 amide bonds. The first-order chi connectivity index (χ1) is 6.70. The third-order valence-electron chi connectivity index (χ3n) is 2.10. The maximum Gasteiger partial charge on any atom is 0.120 e. The van der Waals surface area contributed by atoms with Crippen molar-refractivity contribution in [3.63, 3.8) is 0 Å². The molecule has 0 aliphatic heterocycles. The summed E-state index contributed by atoms with van der Waals surface area (Å²) in [4.78, 5) is 0. The van der Waals surface area contributed by atoms with Gasteiger partial charge in [0.05, 0.1) is 12.3 Å². The van der Waals surface area contributed by atoms with Gasteiger partial charge in [0, 0.05) is 19.1 Å². The first kappa shape index (κ1) is 11.3. The second-order valence-electron chi connectivity index (χ2n) is 3.80. The lowest BCUT2D eigenvalue weighted by molar-refractivity contribution is 0.425. The van der Waals surface area contributed by atoms with E-state index in [2.05, 4.69) is 31.4 Å². The van der Waals surface area contributed by atoms with Gasteiger partial charge in [-0.3, -0.25) is 0 Å². The summed E-state index contributed by atoms with van der Waals surface area (Å²) in [7, 11) is 0. The fourth-order valence-electron chi connectivity index (χ4n) is 1.29. The lowest BCUT2D eigenvalue weighted by Crippen LogP contribution is -2.32. The summed E-state index contributed by atoms with van der Waals surface area (Å²) in [5, 5.41) is 6.74. The standard InChI is InChI=1S/C11H20N2O/c1-9(2)12-6-7-13-10(3)11-5-4-8-14-11/h4-5,8-10,12-13H,6-7H2,1-3H3. The number of nitrogens with one attached hydrogen (secondary N) is 2. The van der Waals surface area contributed by atoms with E-state index in [1.165, 1.54) is 0 Å². The monoisotopic (exact) mass is 196 g/mol. The molecule has 0 aliphatic rings. The topological polar surface area (TPSA) is 37.2 Å². The van der Waals surface area contributed by atoms with E-state index in [9.17, 15) is 0 Å². The van der Waals surface area contributed by atoms with Crippen molar-refractivity contribution in [3.05, 3.63) is 24.2 Å². The average molecular weight is 196 g/mol. The molecule has 0 aromatic carbocycles. The molecule has 3 heteroatoms. The maximum atomic E-state index is 5.29. The van der Waals surface area contributed by atoms with E-state index in [1.807, 2.05) is 12.1 Å². The van der Waals surface area contributed by atoms with Crippen LogP contribution in [0.3, 0.4) is 0 Å². The molecule has 80 valence electrons. The van der Waals surface area contributed by atoms with Gasteiger partial charge in [-0.25, -0.2) is 0 Å². The molecule has 2 N–H and O–H groups in total. The molecule has 0 aliphatic carbocycles. The molecule has 1 heterocycles. The minimum absolute atomic E-state index is 0.291. The van der Waals surface area contributed by atoms with E-state index in [1.54, 1.807) is 6.26 Å². The third kappa shape index (κ3) is 3.94. The minimum Gasteiger partial charge on any atom is -0.468 e. The van der Waals surface area contributed by atoms with Crippen molar-refractivity contribution in [2.45, 2.75) is 32.9 Å². The molecule has 0 bridgehead atoms. The van der Waals surface area contributed by atoms with Crippen LogP contribution in [0.15, 0.2) is 22.8 Å². The average Bonchev–Trinajstić information content (AvgIpc) is 2.64. The van der Waals surface area contributed by atoms with E-state index in [-0.39, 0.29) is 0 Å². The van der Waals surface area contributed by atoms with Gasteiger partial charge in [0.15, 0.2) is 0 Å². The van der Waals surface area contributed by atoms with Crippen LogP contribution in [0.4, 0.5) is 0 Å². The number of hydrogen-bond donors (Lipinski definition) is 2. The van der Waals surface area contributed by atoms with Crippen LogP contribution in [-0.2, 0) is 0 Å². The van der Waals surface area contributed by atoms with Crippen LogP contribution in [0, 0.1) is 0 Å². The SMILES string of the molecule is CC(C)NCCNC(C)c1ccco1. The van der Waals surface area contributed by atoms with Gasteiger partial charge in [-0.05, 0) is 19.1 Å². The van der Waals surface area contributed by atoms with Gasteiger partial charge in [-0.15, -0.1) is 0 Å². The van der Waals surface area contributed by atoms with Crippen molar-refractivity contribution in [1.29, 1.82) is 0 Å². The largest absolute Gasteiger partial charge is 0.468 e. The van der Waals surface area contributed by atoms with Crippen LogP contribution in [0.25, 0.3) is 0 Å². The Balaban J connectivity index is 2.13. The molecule has 3 nitrogen and oxygen atoms in total. The van der Waals surface area contributed by atoms with Crippen molar-refractivity contribution in [2.75, 3.05) is 13.1 Å². The summed E-state index contributed by atoms with van der Waals surface area (Å²) in [6.45, 7) is 8.35. The fourth-order valence-corrected chi connectivity index (χ4v) is 1.29. The Morgan fingerprint density at radius 2 is 1.93 bits per heavy atom. The summed E-state index contributed by atoms with van der Waals surface area (Å²) in [5.74, 6) is 0.995. The summed E-state index contributed by atoms with van der Waals surface area (Å²) >= 11 is 0. The second-order valence-corrected chi connectivity index (χ2v) is 3.80. The minimum atomic E-state index is 0.291. The quantitative estimate of drug-likeness (QED) is 0.683. The highest BCUT2D eigenvalue weighted by Crippen LogP contribution is 2.11. The Kier molecular flexibility index (Phi) is 4.70. The van der Waals surface area contributed by atoms with Crippen molar-refractivity contribution in [3.8, 4) is 0 Å². The highest BCUT2D eigenvalue weighted by molar-refractivity contribution is 5.02. The van der Waals surface area contributed by atoms with Gasteiger partial charge in [-0.1, -0.05) is 13.8 Å². The van der Waals surface area contributed by atoms with E-state index in [4.69, 9.17) is 4.42 Å². The molecule has 1 unspecified atom stereocenters. The maximum absolute atomic E-state index is 5.29. The summed E-state index contributed by atoms with van der Waals surface area (Å²) < 4.78 is 5.29. The first-order valence-corrected chi connectivity index (χ1v) is 5.20. The first-order valence-electron chi connectivity index (χ1n) is 5.20. The molecule has 1 atom stereocenters. The van der Waals surface area contributed by atoms with E-state index < -0.39 is 0 Å². The Morgan fingerprint density at radius 1 is 1.21 bits per heavy atom. The molecule has 0 radical (unpaired) electrons. The summed E-state index contributed by atoms with van der Waals surface area (Å²) in [6.07, 6.45) is 1.71. The smallest absolute Gasteiger partial charge is 0.120 e. The van der Waals surface area contributed by atoms with Crippen LogP contribution in [0.1, 0.15) is 32.6 Å². The fraction of sp³-hybridized carbons (Fsp3) is 0.636.